The Balaban J connectivity index is 1.92. The molecule has 5 nitrogen and oxygen atoms in total. The molecule has 1 aliphatic rings. The average Bonchev–Trinajstić information content (AvgIpc) is 2.91. The summed E-state index contributed by atoms with van der Waals surface area (Å²) in [6, 6.07) is 5.93. The number of aryl methyl sites for hydroxylation is 1. The van der Waals surface area contributed by atoms with E-state index in [9.17, 15) is 8.42 Å². The summed E-state index contributed by atoms with van der Waals surface area (Å²) in [6.45, 7) is 6.87. The summed E-state index contributed by atoms with van der Waals surface area (Å²) in [5.74, 6) is 0. The molecule has 0 atom stereocenters. The van der Waals surface area contributed by atoms with Gasteiger partial charge in [-0.1, -0.05) is 6.07 Å². The normalized spacial score (nSPS) is 15.2. The van der Waals surface area contributed by atoms with Crippen LogP contribution in [0.3, 0.4) is 0 Å². The van der Waals surface area contributed by atoms with E-state index in [0.29, 0.717) is 6.54 Å². The van der Waals surface area contributed by atoms with Crippen molar-refractivity contribution in [1.29, 1.82) is 0 Å². The Bertz CT molecular complexity index is 851. The van der Waals surface area contributed by atoms with E-state index in [1.807, 2.05) is 17.5 Å². The first-order valence-corrected chi connectivity index (χ1v) is 10.7. The van der Waals surface area contributed by atoms with E-state index in [-0.39, 0.29) is 5.54 Å². The van der Waals surface area contributed by atoms with Crippen LogP contribution >= 0.6 is 11.3 Å². The Hall–Kier alpha value is -1.60. The molecule has 0 saturated heterocycles. The van der Waals surface area contributed by atoms with E-state index in [2.05, 4.69) is 37.1 Å². The second kappa shape index (κ2) is 6.04. The molecule has 1 aromatic carbocycles. The number of thiazole rings is 1. The lowest BCUT2D eigenvalue weighted by Crippen LogP contribution is -2.34. The molecule has 2 aromatic rings. The summed E-state index contributed by atoms with van der Waals surface area (Å²) in [6.07, 6.45) is 3.00. The molecule has 0 fully saturated rings. The summed E-state index contributed by atoms with van der Waals surface area (Å²) in [5.41, 5.74) is 3.80. The topological polar surface area (TPSA) is 62.3 Å². The summed E-state index contributed by atoms with van der Waals surface area (Å²) < 4.78 is 25.4. The third-order valence-corrected chi connectivity index (χ3v) is 5.78. The van der Waals surface area contributed by atoms with Crippen LogP contribution in [0.4, 0.5) is 10.8 Å². The van der Waals surface area contributed by atoms with Crippen LogP contribution < -0.4 is 9.62 Å². The quantitative estimate of drug-likeness (QED) is 0.900. The molecule has 0 radical (unpaired) electrons. The largest absolute Gasteiger partial charge is 0.357 e. The zero-order valence-electron chi connectivity index (χ0n) is 14.5. The van der Waals surface area contributed by atoms with Crippen LogP contribution in [0.2, 0.25) is 0 Å². The zero-order chi connectivity index (χ0) is 17.5. The van der Waals surface area contributed by atoms with Crippen molar-refractivity contribution in [3.63, 3.8) is 0 Å². The highest BCUT2D eigenvalue weighted by molar-refractivity contribution is 7.92. The van der Waals surface area contributed by atoms with E-state index in [4.69, 9.17) is 0 Å². The van der Waals surface area contributed by atoms with Crippen molar-refractivity contribution in [2.45, 2.75) is 39.2 Å². The van der Waals surface area contributed by atoms with Crippen molar-refractivity contribution < 1.29 is 8.42 Å². The van der Waals surface area contributed by atoms with Crippen molar-refractivity contribution in [1.82, 2.24) is 4.98 Å². The average molecular weight is 366 g/mol. The maximum atomic E-state index is 11.9. The van der Waals surface area contributed by atoms with Gasteiger partial charge in [-0.25, -0.2) is 13.4 Å². The predicted molar refractivity (Wildman–Crippen MR) is 101 cm³/mol. The smallest absolute Gasteiger partial charge is 0.232 e. The number of benzene rings is 1. The van der Waals surface area contributed by atoms with Gasteiger partial charge >= 0.3 is 0 Å². The highest BCUT2D eigenvalue weighted by atomic mass is 32.2. The Kier molecular flexibility index (Phi) is 4.34. The molecule has 2 heterocycles. The van der Waals surface area contributed by atoms with E-state index >= 15 is 0 Å². The third-order valence-electron chi connectivity index (χ3n) is 3.84. The SMILES string of the molecule is CC(C)(C)Nc1nc(-c2ccc3c(c2)CCCN3S(C)(=O)=O)cs1. The minimum Gasteiger partial charge on any atom is -0.357 e. The summed E-state index contributed by atoms with van der Waals surface area (Å²) in [5, 5.41) is 6.31. The third kappa shape index (κ3) is 3.72. The number of nitrogens with one attached hydrogen (secondary N) is 1. The lowest BCUT2D eigenvalue weighted by molar-refractivity contribution is 0.592. The number of fused-ring (bicyclic) bond motifs is 1. The van der Waals surface area contributed by atoms with Gasteiger partial charge in [0.05, 0.1) is 17.6 Å². The molecule has 0 spiro atoms. The molecule has 0 amide bonds. The van der Waals surface area contributed by atoms with Crippen LogP contribution in [0, 0.1) is 0 Å². The molecular weight excluding hydrogens is 342 g/mol. The van der Waals surface area contributed by atoms with Crippen LogP contribution in [-0.2, 0) is 16.4 Å². The molecule has 3 rings (SSSR count). The minimum atomic E-state index is -3.22. The molecule has 0 saturated carbocycles. The van der Waals surface area contributed by atoms with Gasteiger partial charge in [-0.2, -0.15) is 0 Å². The first kappa shape index (κ1) is 17.2. The Morgan fingerprint density at radius 3 is 2.71 bits per heavy atom. The number of rotatable bonds is 3. The van der Waals surface area contributed by atoms with Gasteiger partial charge in [0.25, 0.3) is 0 Å². The van der Waals surface area contributed by atoms with Crippen molar-refractivity contribution in [3.05, 3.63) is 29.1 Å². The van der Waals surface area contributed by atoms with Gasteiger partial charge in [0.2, 0.25) is 10.0 Å². The second-order valence-electron chi connectivity index (χ2n) is 7.20. The van der Waals surface area contributed by atoms with Crippen LogP contribution in [0.5, 0.6) is 0 Å². The van der Waals surface area contributed by atoms with Gasteiger partial charge < -0.3 is 5.32 Å². The maximum Gasteiger partial charge on any atom is 0.232 e. The van der Waals surface area contributed by atoms with Gasteiger partial charge in [0.1, 0.15) is 0 Å². The number of hydrogen-bond donors (Lipinski definition) is 1. The van der Waals surface area contributed by atoms with E-state index in [1.165, 1.54) is 10.6 Å². The molecule has 24 heavy (non-hydrogen) atoms. The molecule has 1 aromatic heterocycles. The molecule has 1 aliphatic heterocycles. The minimum absolute atomic E-state index is 0.0268. The highest BCUT2D eigenvalue weighted by Gasteiger charge is 2.24. The second-order valence-corrected chi connectivity index (χ2v) is 9.96. The van der Waals surface area contributed by atoms with Crippen LogP contribution in [0.15, 0.2) is 23.6 Å². The van der Waals surface area contributed by atoms with Crippen LogP contribution in [0.1, 0.15) is 32.8 Å². The lowest BCUT2D eigenvalue weighted by atomic mass is 10.00. The fourth-order valence-corrected chi connectivity index (χ4v) is 4.78. The summed E-state index contributed by atoms with van der Waals surface area (Å²) in [4.78, 5) is 4.66. The standard InChI is InChI=1S/C17H23N3O2S2/c1-17(2,3)19-16-18-14(11-23-16)12-7-8-15-13(10-12)6-5-9-20(15)24(4,21)22/h7-8,10-11H,5-6,9H2,1-4H3,(H,18,19). The first-order chi connectivity index (χ1) is 11.1. The number of aromatic nitrogens is 1. The Morgan fingerprint density at radius 2 is 2.04 bits per heavy atom. The van der Waals surface area contributed by atoms with E-state index < -0.39 is 10.0 Å². The van der Waals surface area contributed by atoms with E-state index in [1.54, 1.807) is 11.3 Å². The van der Waals surface area contributed by atoms with Crippen molar-refractivity contribution in [2.75, 3.05) is 22.4 Å². The van der Waals surface area contributed by atoms with Crippen LogP contribution in [0.25, 0.3) is 11.3 Å². The molecule has 7 heteroatoms. The zero-order valence-corrected chi connectivity index (χ0v) is 16.1. The van der Waals surface area contributed by atoms with Gasteiger partial charge in [-0.05, 0) is 51.3 Å². The van der Waals surface area contributed by atoms with Gasteiger partial charge in [0.15, 0.2) is 5.13 Å². The molecule has 0 unspecified atom stereocenters. The maximum absolute atomic E-state index is 11.9. The highest BCUT2D eigenvalue weighted by Crippen LogP contribution is 2.34. The molecule has 1 N–H and O–H groups in total. The number of sulfonamides is 1. The van der Waals surface area contributed by atoms with Crippen molar-refractivity contribution in [2.24, 2.45) is 0 Å². The van der Waals surface area contributed by atoms with Gasteiger partial charge in [-0.3, -0.25) is 4.31 Å². The number of hydrogen-bond acceptors (Lipinski definition) is 5. The fraction of sp³-hybridized carbons (Fsp3) is 0.471. The predicted octanol–water partition coefficient (Wildman–Crippen LogP) is 3.73. The summed E-state index contributed by atoms with van der Waals surface area (Å²) >= 11 is 1.58. The number of anilines is 2. The first-order valence-electron chi connectivity index (χ1n) is 7.98. The van der Waals surface area contributed by atoms with Crippen molar-refractivity contribution >= 4 is 32.2 Å². The fourth-order valence-electron chi connectivity index (χ4n) is 2.85. The molecule has 0 aliphatic carbocycles. The number of nitrogens with zero attached hydrogens (tertiary/aromatic N) is 2. The Labute approximate surface area is 147 Å². The monoisotopic (exact) mass is 365 g/mol. The summed E-state index contributed by atoms with van der Waals surface area (Å²) in [7, 11) is -3.22. The molecule has 0 bridgehead atoms. The van der Waals surface area contributed by atoms with Gasteiger partial charge in [0, 0.05) is 23.0 Å². The lowest BCUT2D eigenvalue weighted by Gasteiger charge is -2.29. The van der Waals surface area contributed by atoms with Gasteiger partial charge in [-0.15, -0.1) is 11.3 Å². The molecular formula is C17H23N3O2S2. The van der Waals surface area contributed by atoms with E-state index in [0.717, 1.165) is 40.5 Å². The van der Waals surface area contributed by atoms with Crippen LogP contribution in [-0.4, -0.2) is 31.7 Å². The Morgan fingerprint density at radius 1 is 1.29 bits per heavy atom. The molecule has 130 valence electrons. The van der Waals surface area contributed by atoms with Crippen molar-refractivity contribution in [3.8, 4) is 11.3 Å².